The number of carboxylic acid groups (broad SMARTS) is 1. The number of ether oxygens (including phenoxy) is 1. The number of amides is 2. The maximum Gasteiger partial charge on any atom is 0.336 e. The van der Waals surface area contributed by atoms with E-state index in [-0.39, 0.29) is 19.1 Å². The summed E-state index contributed by atoms with van der Waals surface area (Å²) in [5.41, 5.74) is 1.40. The lowest BCUT2D eigenvalue weighted by Crippen LogP contribution is -2.48. The molecule has 2 rings (SSSR count). The van der Waals surface area contributed by atoms with Gasteiger partial charge in [0, 0.05) is 17.0 Å². The number of carbonyl (C=O) groups is 3. The van der Waals surface area contributed by atoms with Crippen molar-refractivity contribution in [1.29, 1.82) is 0 Å². The van der Waals surface area contributed by atoms with Crippen LogP contribution >= 0.6 is 0 Å². The lowest BCUT2D eigenvalue weighted by atomic mass is 10.0. The average molecular weight is 418 g/mol. The van der Waals surface area contributed by atoms with Crippen LogP contribution in [0.2, 0.25) is 0 Å². The smallest absolute Gasteiger partial charge is 0.336 e. The van der Waals surface area contributed by atoms with Gasteiger partial charge in [0.25, 0.3) is 5.91 Å². The number of aliphatic carboxylic acids is 1. The minimum Gasteiger partial charge on any atom is -0.483 e. The van der Waals surface area contributed by atoms with E-state index in [0.717, 1.165) is 10.9 Å². The van der Waals surface area contributed by atoms with E-state index in [4.69, 9.17) is 14.3 Å². The van der Waals surface area contributed by atoms with Crippen molar-refractivity contribution in [3.8, 4) is 5.75 Å². The number of aryl methyl sites for hydroxylation is 2. The Kier molecular flexibility index (Phi) is 7.57. The first-order chi connectivity index (χ1) is 14.1. The zero-order valence-electron chi connectivity index (χ0n) is 17.4. The first-order valence-electron chi connectivity index (χ1n) is 9.62. The molecule has 0 aliphatic rings. The first kappa shape index (κ1) is 22.9. The lowest BCUT2D eigenvalue weighted by molar-refractivity contribution is -0.143. The van der Waals surface area contributed by atoms with E-state index < -0.39 is 29.5 Å². The summed E-state index contributed by atoms with van der Waals surface area (Å²) in [6, 6.07) is 3.88. The standard InChI is InChI=1S/C21H26N2O7/c1-5-13-8-18(26)30-20-12(4)15(7-6-14(13)20)29-10-17(25)22-9-16(24)23-19(11(2)3)21(27)28/h6-8,11,19H,5,9-10H2,1-4H3,(H,22,25)(H,23,24)(H,27,28). The summed E-state index contributed by atoms with van der Waals surface area (Å²) in [6.07, 6.45) is 0.672. The second kappa shape index (κ2) is 9.91. The van der Waals surface area contributed by atoms with Gasteiger partial charge in [-0.25, -0.2) is 9.59 Å². The van der Waals surface area contributed by atoms with Crippen LogP contribution in [0, 0.1) is 12.8 Å². The molecule has 30 heavy (non-hydrogen) atoms. The summed E-state index contributed by atoms with van der Waals surface area (Å²) in [5.74, 6) is -2.22. The molecule has 2 amide bonds. The molecule has 0 aliphatic heterocycles. The molecule has 9 heteroatoms. The van der Waals surface area contributed by atoms with E-state index in [0.29, 0.717) is 23.3 Å². The number of fused-ring (bicyclic) bond motifs is 1. The lowest BCUT2D eigenvalue weighted by Gasteiger charge is -2.18. The molecule has 0 fully saturated rings. The molecule has 0 spiro atoms. The molecule has 9 nitrogen and oxygen atoms in total. The summed E-state index contributed by atoms with van der Waals surface area (Å²) in [5, 5.41) is 14.6. The van der Waals surface area contributed by atoms with Crippen molar-refractivity contribution in [1.82, 2.24) is 10.6 Å². The van der Waals surface area contributed by atoms with Crippen LogP contribution in [0.15, 0.2) is 27.4 Å². The van der Waals surface area contributed by atoms with Crippen LogP contribution in [0.5, 0.6) is 5.75 Å². The van der Waals surface area contributed by atoms with Crippen molar-refractivity contribution >= 4 is 28.8 Å². The second-order valence-electron chi connectivity index (χ2n) is 7.20. The van der Waals surface area contributed by atoms with Gasteiger partial charge in [-0.1, -0.05) is 20.8 Å². The van der Waals surface area contributed by atoms with Crippen LogP contribution in [0.25, 0.3) is 11.0 Å². The van der Waals surface area contributed by atoms with Crippen molar-refractivity contribution in [2.75, 3.05) is 13.2 Å². The molecule has 0 saturated carbocycles. The number of carbonyl (C=O) groups excluding carboxylic acids is 2. The topological polar surface area (TPSA) is 135 Å². The molecule has 1 aromatic carbocycles. The minimum atomic E-state index is -1.14. The SMILES string of the molecule is CCc1cc(=O)oc2c(C)c(OCC(=O)NCC(=O)NC(C(=O)O)C(C)C)ccc12. The molecule has 0 aliphatic carbocycles. The third-order valence-corrected chi connectivity index (χ3v) is 4.63. The van der Waals surface area contributed by atoms with E-state index in [1.54, 1.807) is 32.9 Å². The summed E-state index contributed by atoms with van der Waals surface area (Å²) in [7, 11) is 0. The quantitative estimate of drug-likeness (QED) is 0.524. The number of benzene rings is 1. The third kappa shape index (κ3) is 5.59. The van der Waals surface area contributed by atoms with Crippen LogP contribution in [-0.2, 0) is 20.8 Å². The van der Waals surface area contributed by atoms with Gasteiger partial charge in [0.05, 0.1) is 6.54 Å². The molecule has 0 radical (unpaired) electrons. The molecule has 0 bridgehead atoms. The van der Waals surface area contributed by atoms with Crippen molar-refractivity contribution in [2.45, 2.75) is 40.2 Å². The van der Waals surface area contributed by atoms with Gasteiger partial charge in [0.1, 0.15) is 17.4 Å². The summed E-state index contributed by atoms with van der Waals surface area (Å²) in [4.78, 5) is 46.7. The molecule has 1 heterocycles. The zero-order valence-corrected chi connectivity index (χ0v) is 17.4. The Morgan fingerprint density at radius 1 is 1.20 bits per heavy atom. The Labute approximate surface area is 173 Å². The average Bonchev–Trinajstić information content (AvgIpc) is 2.69. The largest absolute Gasteiger partial charge is 0.483 e. The predicted molar refractivity (Wildman–Crippen MR) is 110 cm³/mol. The van der Waals surface area contributed by atoms with Crippen LogP contribution in [-0.4, -0.2) is 42.1 Å². The molecule has 1 aromatic heterocycles. The Hall–Kier alpha value is -3.36. The number of rotatable bonds is 9. The molecule has 0 saturated heterocycles. The minimum absolute atomic E-state index is 0.297. The van der Waals surface area contributed by atoms with Gasteiger partial charge in [-0.05, 0) is 37.0 Å². The van der Waals surface area contributed by atoms with E-state index in [2.05, 4.69) is 10.6 Å². The van der Waals surface area contributed by atoms with Gasteiger partial charge < -0.3 is 24.9 Å². The van der Waals surface area contributed by atoms with E-state index in [9.17, 15) is 19.2 Å². The van der Waals surface area contributed by atoms with Crippen LogP contribution < -0.4 is 21.0 Å². The molecule has 1 unspecified atom stereocenters. The predicted octanol–water partition coefficient (Wildman–Crippen LogP) is 1.38. The van der Waals surface area contributed by atoms with Gasteiger partial charge in [-0.3, -0.25) is 9.59 Å². The zero-order chi connectivity index (χ0) is 22.4. The first-order valence-corrected chi connectivity index (χ1v) is 9.62. The van der Waals surface area contributed by atoms with Crippen LogP contribution in [0.4, 0.5) is 0 Å². The number of nitrogens with one attached hydrogen (secondary N) is 2. The van der Waals surface area contributed by atoms with Gasteiger partial charge in [-0.2, -0.15) is 0 Å². The second-order valence-corrected chi connectivity index (χ2v) is 7.20. The third-order valence-electron chi connectivity index (χ3n) is 4.63. The van der Waals surface area contributed by atoms with Crippen molar-refractivity contribution in [2.24, 2.45) is 5.92 Å². The highest BCUT2D eigenvalue weighted by molar-refractivity contribution is 5.88. The fourth-order valence-electron chi connectivity index (χ4n) is 2.97. The Bertz CT molecular complexity index is 1010. The van der Waals surface area contributed by atoms with E-state index in [1.165, 1.54) is 6.07 Å². The van der Waals surface area contributed by atoms with Crippen molar-refractivity contribution in [3.05, 3.63) is 39.7 Å². The van der Waals surface area contributed by atoms with Gasteiger partial charge in [0.2, 0.25) is 5.91 Å². The number of hydrogen-bond donors (Lipinski definition) is 3. The molecule has 2 aromatic rings. The molecular weight excluding hydrogens is 392 g/mol. The maximum absolute atomic E-state index is 12.0. The highest BCUT2D eigenvalue weighted by Crippen LogP contribution is 2.28. The Morgan fingerprint density at radius 3 is 2.50 bits per heavy atom. The van der Waals surface area contributed by atoms with Gasteiger partial charge >= 0.3 is 11.6 Å². The fraction of sp³-hybridized carbons (Fsp3) is 0.429. The summed E-state index contributed by atoms with van der Waals surface area (Å²) >= 11 is 0. The highest BCUT2D eigenvalue weighted by atomic mass is 16.5. The van der Waals surface area contributed by atoms with Crippen LogP contribution in [0.3, 0.4) is 0 Å². The number of carboxylic acids is 1. The monoisotopic (exact) mass is 418 g/mol. The maximum atomic E-state index is 12.0. The fourth-order valence-corrected chi connectivity index (χ4v) is 2.97. The van der Waals surface area contributed by atoms with Gasteiger partial charge in [0.15, 0.2) is 6.61 Å². The molecular formula is C21H26N2O7. The molecule has 1 atom stereocenters. The Morgan fingerprint density at radius 2 is 1.90 bits per heavy atom. The van der Waals surface area contributed by atoms with E-state index >= 15 is 0 Å². The van der Waals surface area contributed by atoms with Gasteiger partial charge in [-0.15, -0.1) is 0 Å². The van der Waals surface area contributed by atoms with Crippen LogP contribution in [0.1, 0.15) is 31.9 Å². The summed E-state index contributed by atoms with van der Waals surface area (Å²) < 4.78 is 10.8. The molecule has 162 valence electrons. The van der Waals surface area contributed by atoms with Crippen molar-refractivity contribution < 1.29 is 28.6 Å². The Balaban J connectivity index is 1.97. The highest BCUT2D eigenvalue weighted by Gasteiger charge is 2.23. The van der Waals surface area contributed by atoms with Crippen molar-refractivity contribution in [3.63, 3.8) is 0 Å². The van der Waals surface area contributed by atoms with E-state index in [1.807, 2.05) is 6.92 Å². The normalized spacial score (nSPS) is 11.9. The summed E-state index contributed by atoms with van der Waals surface area (Å²) in [6.45, 7) is 6.28. The molecule has 3 N–H and O–H groups in total. The number of hydrogen-bond acceptors (Lipinski definition) is 6.